The molecule has 19 heavy (non-hydrogen) atoms. The van der Waals surface area contributed by atoms with Crippen molar-refractivity contribution < 1.29 is 31.4 Å². The summed E-state index contributed by atoms with van der Waals surface area (Å²) in [5.74, 6) is 0. The Labute approximate surface area is 105 Å². The highest BCUT2D eigenvalue weighted by Crippen LogP contribution is 2.50. The lowest BCUT2D eigenvalue weighted by Crippen LogP contribution is -2.53. The van der Waals surface area contributed by atoms with E-state index in [4.69, 9.17) is 5.11 Å². The zero-order valence-electron chi connectivity index (χ0n) is 8.75. The standard InChI is InChI=1S/C9H4F6N2OS/c10-8(11,12)7(18,9(13,14)15)4-1-2-5-6(3-4)17-19-16-5/h1-3,18H. The third-order valence-electron chi connectivity index (χ3n) is 2.49. The second-order valence-electron chi connectivity index (χ2n) is 3.67. The maximum Gasteiger partial charge on any atom is 0.430 e. The molecule has 10 heteroatoms. The van der Waals surface area contributed by atoms with Gasteiger partial charge in [-0.15, -0.1) is 0 Å². The molecule has 0 aliphatic heterocycles. The van der Waals surface area contributed by atoms with Gasteiger partial charge in [0.05, 0.1) is 11.7 Å². The minimum absolute atomic E-state index is 0.144. The highest BCUT2D eigenvalue weighted by molar-refractivity contribution is 7.00. The van der Waals surface area contributed by atoms with Crippen LogP contribution < -0.4 is 0 Å². The summed E-state index contributed by atoms with van der Waals surface area (Å²) in [5, 5.41) is 9.16. The van der Waals surface area contributed by atoms with Crippen molar-refractivity contribution in [3.05, 3.63) is 23.8 Å². The van der Waals surface area contributed by atoms with E-state index in [1.54, 1.807) is 0 Å². The van der Waals surface area contributed by atoms with Gasteiger partial charge in [0.15, 0.2) is 0 Å². The number of benzene rings is 1. The van der Waals surface area contributed by atoms with Gasteiger partial charge in [-0.1, -0.05) is 6.07 Å². The van der Waals surface area contributed by atoms with Gasteiger partial charge in [-0.3, -0.25) is 0 Å². The Morgan fingerprint density at radius 3 is 1.95 bits per heavy atom. The molecular formula is C9H4F6N2OS. The normalized spacial score (nSPS) is 14.1. The fourth-order valence-corrected chi connectivity index (χ4v) is 2.01. The number of aliphatic hydroxyl groups is 1. The first-order valence-corrected chi connectivity index (χ1v) is 5.39. The van der Waals surface area contributed by atoms with Gasteiger partial charge in [0.25, 0.3) is 5.60 Å². The molecule has 1 aromatic heterocycles. The number of alkyl halides is 6. The topological polar surface area (TPSA) is 46.0 Å². The summed E-state index contributed by atoms with van der Waals surface area (Å²) in [6.45, 7) is 0. The Morgan fingerprint density at radius 1 is 0.895 bits per heavy atom. The molecule has 1 heterocycles. The molecule has 1 N–H and O–H groups in total. The third-order valence-corrected chi connectivity index (χ3v) is 3.05. The first kappa shape index (κ1) is 14.0. The quantitative estimate of drug-likeness (QED) is 0.824. The van der Waals surface area contributed by atoms with Gasteiger partial charge in [0, 0.05) is 5.56 Å². The van der Waals surface area contributed by atoms with E-state index in [-0.39, 0.29) is 11.0 Å². The Balaban J connectivity index is 2.68. The SMILES string of the molecule is OC(c1ccc2nsnc2c1)(C(F)(F)F)C(F)(F)F. The van der Waals surface area contributed by atoms with Crippen LogP contribution in [0.4, 0.5) is 26.3 Å². The molecule has 2 rings (SSSR count). The Bertz CT molecular complexity index is 591. The van der Waals surface area contributed by atoms with Crippen molar-refractivity contribution in [2.24, 2.45) is 0 Å². The fraction of sp³-hybridized carbons (Fsp3) is 0.333. The van der Waals surface area contributed by atoms with Crippen LogP contribution in [0.3, 0.4) is 0 Å². The van der Waals surface area contributed by atoms with E-state index in [9.17, 15) is 26.3 Å². The number of hydrogen-bond acceptors (Lipinski definition) is 4. The smallest absolute Gasteiger partial charge is 0.369 e. The molecule has 3 nitrogen and oxygen atoms in total. The van der Waals surface area contributed by atoms with E-state index >= 15 is 0 Å². The summed E-state index contributed by atoms with van der Waals surface area (Å²) in [4.78, 5) is 0. The average molecular weight is 302 g/mol. The molecule has 0 aliphatic carbocycles. The number of nitrogens with zero attached hydrogens (tertiary/aromatic N) is 2. The van der Waals surface area contributed by atoms with Crippen molar-refractivity contribution in [1.82, 2.24) is 8.75 Å². The summed E-state index contributed by atoms with van der Waals surface area (Å²) < 4.78 is 82.8. The second kappa shape index (κ2) is 4.04. The number of hydrogen-bond donors (Lipinski definition) is 1. The molecule has 0 spiro atoms. The first-order chi connectivity index (χ1) is 8.57. The van der Waals surface area contributed by atoms with Crippen LogP contribution in [-0.4, -0.2) is 26.2 Å². The Hall–Kier alpha value is -1.42. The van der Waals surface area contributed by atoms with Gasteiger partial charge in [-0.25, -0.2) is 0 Å². The highest BCUT2D eigenvalue weighted by Gasteiger charge is 2.71. The van der Waals surface area contributed by atoms with E-state index in [2.05, 4.69) is 8.75 Å². The van der Waals surface area contributed by atoms with Crippen molar-refractivity contribution in [3.8, 4) is 0 Å². The fourth-order valence-electron chi connectivity index (χ4n) is 1.50. The van der Waals surface area contributed by atoms with E-state index in [1.165, 1.54) is 0 Å². The van der Waals surface area contributed by atoms with Gasteiger partial charge in [0.1, 0.15) is 11.0 Å². The maximum atomic E-state index is 12.6. The maximum absolute atomic E-state index is 12.6. The Kier molecular flexibility index (Phi) is 2.97. The molecule has 0 bridgehead atoms. The molecule has 0 aliphatic rings. The second-order valence-corrected chi connectivity index (χ2v) is 4.20. The molecule has 0 radical (unpaired) electrons. The molecule has 0 amide bonds. The van der Waals surface area contributed by atoms with E-state index in [1.807, 2.05) is 0 Å². The highest BCUT2D eigenvalue weighted by atomic mass is 32.1. The molecule has 0 saturated carbocycles. The molecule has 2 aromatic rings. The van der Waals surface area contributed by atoms with Crippen LogP contribution in [0.25, 0.3) is 11.0 Å². The van der Waals surface area contributed by atoms with E-state index in [0.29, 0.717) is 23.9 Å². The van der Waals surface area contributed by atoms with Gasteiger partial charge >= 0.3 is 12.4 Å². The predicted octanol–water partition coefficient (Wildman–Crippen LogP) is 3.00. The summed E-state index contributed by atoms with van der Waals surface area (Å²) >= 11 is 0.643. The van der Waals surface area contributed by atoms with Crippen molar-refractivity contribution in [2.75, 3.05) is 0 Å². The van der Waals surface area contributed by atoms with Crippen LogP contribution in [-0.2, 0) is 5.60 Å². The minimum Gasteiger partial charge on any atom is -0.369 e. The lowest BCUT2D eigenvalue weighted by atomic mass is 9.92. The first-order valence-electron chi connectivity index (χ1n) is 4.66. The predicted molar refractivity (Wildman–Crippen MR) is 53.4 cm³/mol. The zero-order valence-corrected chi connectivity index (χ0v) is 9.57. The monoisotopic (exact) mass is 302 g/mol. The lowest BCUT2D eigenvalue weighted by Gasteiger charge is -2.32. The van der Waals surface area contributed by atoms with Gasteiger partial charge < -0.3 is 5.11 Å². The molecule has 0 saturated heterocycles. The zero-order chi connectivity index (χ0) is 14.5. The van der Waals surface area contributed by atoms with Crippen LogP contribution in [0.2, 0.25) is 0 Å². The van der Waals surface area contributed by atoms with Crippen LogP contribution in [0.5, 0.6) is 0 Å². The van der Waals surface area contributed by atoms with Gasteiger partial charge in [0.2, 0.25) is 0 Å². The molecule has 0 fully saturated rings. The molecule has 1 aromatic carbocycles. The summed E-state index contributed by atoms with van der Waals surface area (Å²) in [6.07, 6.45) is -11.8. The van der Waals surface area contributed by atoms with E-state index in [0.717, 1.165) is 6.07 Å². The summed E-state index contributed by atoms with van der Waals surface area (Å²) in [6, 6.07) is 2.00. The summed E-state index contributed by atoms with van der Waals surface area (Å²) in [5.41, 5.74) is -6.26. The minimum atomic E-state index is -5.90. The largest absolute Gasteiger partial charge is 0.430 e. The van der Waals surface area contributed by atoms with Crippen molar-refractivity contribution >= 4 is 22.8 Å². The number of halogens is 6. The summed E-state index contributed by atoms with van der Waals surface area (Å²) in [7, 11) is 0. The van der Waals surface area contributed by atoms with Crippen LogP contribution in [0, 0.1) is 0 Å². The van der Waals surface area contributed by atoms with Crippen molar-refractivity contribution in [2.45, 2.75) is 18.0 Å². The average Bonchev–Trinajstić information content (AvgIpc) is 2.71. The number of aromatic nitrogens is 2. The molecule has 104 valence electrons. The lowest BCUT2D eigenvalue weighted by molar-refractivity contribution is -0.376. The number of fused-ring (bicyclic) bond motifs is 1. The molecular weight excluding hydrogens is 298 g/mol. The van der Waals surface area contributed by atoms with Gasteiger partial charge in [-0.05, 0) is 12.1 Å². The van der Waals surface area contributed by atoms with Crippen molar-refractivity contribution in [1.29, 1.82) is 0 Å². The van der Waals surface area contributed by atoms with Crippen LogP contribution in [0.1, 0.15) is 5.56 Å². The Morgan fingerprint density at radius 2 is 1.42 bits per heavy atom. The van der Waals surface area contributed by atoms with Crippen LogP contribution >= 0.6 is 11.7 Å². The van der Waals surface area contributed by atoms with Gasteiger partial charge in [-0.2, -0.15) is 35.1 Å². The molecule has 0 atom stereocenters. The van der Waals surface area contributed by atoms with Crippen molar-refractivity contribution in [3.63, 3.8) is 0 Å². The number of rotatable bonds is 1. The van der Waals surface area contributed by atoms with Crippen LogP contribution in [0.15, 0.2) is 18.2 Å². The molecule has 0 unspecified atom stereocenters. The van der Waals surface area contributed by atoms with E-state index < -0.39 is 23.5 Å². The third kappa shape index (κ3) is 2.04.